The van der Waals surface area contributed by atoms with Crippen LogP contribution in [-0.2, 0) is 10.0 Å². The lowest BCUT2D eigenvalue weighted by Gasteiger charge is -2.23. The third-order valence-electron chi connectivity index (χ3n) is 5.83. The molecule has 2 heterocycles. The first-order valence-electron chi connectivity index (χ1n) is 10.9. The molecule has 3 aromatic rings. The number of fused-ring (bicyclic) bond motifs is 1. The van der Waals surface area contributed by atoms with Gasteiger partial charge in [-0.1, -0.05) is 12.8 Å². The van der Waals surface area contributed by atoms with E-state index in [0.717, 1.165) is 36.0 Å². The SMILES string of the molecule is CCN(c1ccc2sc(C(=O)N3CCCCCC3)cc2c1)S(=O)(=O)c1ccc(OC)cc1. The Morgan fingerprint density at radius 1 is 1.03 bits per heavy atom. The Morgan fingerprint density at radius 2 is 1.72 bits per heavy atom. The van der Waals surface area contributed by atoms with Gasteiger partial charge in [0.05, 0.1) is 22.6 Å². The van der Waals surface area contributed by atoms with Crippen LogP contribution in [0.1, 0.15) is 42.3 Å². The Balaban J connectivity index is 1.63. The van der Waals surface area contributed by atoms with E-state index in [1.165, 1.54) is 28.5 Å². The summed E-state index contributed by atoms with van der Waals surface area (Å²) in [5.74, 6) is 0.682. The predicted molar refractivity (Wildman–Crippen MR) is 129 cm³/mol. The lowest BCUT2D eigenvalue weighted by Crippen LogP contribution is -2.31. The molecule has 170 valence electrons. The van der Waals surface area contributed by atoms with Gasteiger partial charge in [0.1, 0.15) is 5.75 Å². The first kappa shape index (κ1) is 22.6. The molecule has 0 spiro atoms. The minimum atomic E-state index is -3.72. The minimum absolute atomic E-state index is 0.0767. The van der Waals surface area contributed by atoms with Crippen LogP contribution in [0.5, 0.6) is 5.75 Å². The number of hydrogen-bond donors (Lipinski definition) is 0. The van der Waals surface area contributed by atoms with Crippen molar-refractivity contribution in [2.24, 2.45) is 0 Å². The largest absolute Gasteiger partial charge is 0.497 e. The second-order valence-corrected chi connectivity index (χ2v) is 10.8. The molecule has 0 saturated carbocycles. The Morgan fingerprint density at radius 3 is 2.34 bits per heavy atom. The van der Waals surface area contributed by atoms with Gasteiger partial charge >= 0.3 is 0 Å². The molecular weight excluding hydrogens is 444 g/mol. The highest BCUT2D eigenvalue weighted by molar-refractivity contribution is 7.92. The fourth-order valence-corrected chi connectivity index (χ4v) is 6.56. The van der Waals surface area contributed by atoms with Gasteiger partial charge in [-0.15, -0.1) is 11.3 Å². The van der Waals surface area contributed by atoms with E-state index >= 15 is 0 Å². The molecule has 2 aromatic carbocycles. The van der Waals surface area contributed by atoms with Crippen molar-refractivity contribution >= 4 is 43.0 Å². The van der Waals surface area contributed by atoms with Crippen molar-refractivity contribution in [3.8, 4) is 5.75 Å². The van der Waals surface area contributed by atoms with Gasteiger partial charge in [-0.25, -0.2) is 8.42 Å². The summed E-state index contributed by atoms with van der Waals surface area (Å²) in [5, 5.41) is 0.883. The topological polar surface area (TPSA) is 66.9 Å². The first-order chi connectivity index (χ1) is 15.4. The summed E-state index contributed by atoms with van der Waals surface area (Å²) < 4.78 is 34.1. The molecule has 1 amide bonds. The molecule has 32 heavy (non-hydrogen) atoms. The maximum atomic E-state index is 13.3. The molecule has 0 N–H and O–H groups in total. The zero-order chi connectivity index (χ0) is 22.7. The summed E-state index contributed by atoms with van der Waals surface area (Å²) in [5.41, 5.74) is 0.586. The standard InChI is InChI=1S/C24H28N2O4S2/c1-3-26(32(28,29)21-11-9-20(30-2)10-12-21)19-8-13-22-18(16-19)17-23(31-22)24(27)25-14-6-4-5-7-15-25/h8-13,16-17H,3-7,14-15H2,1-2H3. The van der Waals surface area contributed by atoms with Crippen LogP contribution in [0.4, 0.5) is 5.69 Å². The maximum Gasteiger partial charge on any atom is 0.264 e. The number of anilines is 1. The van der Waals surface area contributed by atoms with E-state index in [-0.39, 0.29) is 10.8 Å². The molecule has 4 rings (SSSR count). The average Bonchev–Trinajstić information content (AvgIpc) is 3.04. The highest BCUT2D eigenvalue weighted by atomic mass is 32.2. The number of rotatable bonds is 6. The van der Waals surface area contributed by atoms with Gasteiger partial charge in [-0.2, -0.15) is 0 Å². The van der Waals surface area contributed by atoms with Crippen LogP contribution >= 0.6 is 11.3 Å². The number of hydrogen-bond acceptors (Lipinski definition) is 5. The molecular formula is C24H28N2O4S2. The van der Waals surface area contributed by atoms with E-state index in [9.17, 15) is 13.2 Å². The summed E-state index contributed by atoms with van der Waals surface area (Å²) in [7, 11) is -2.18. The zero-order valence-corrected chi connectivity index (χ0v) is 20.0. The third-order valence-corrected chi connectivity index (χ3v) is 8.85. The molecule has 1 aromatic heterocycles. The Bertz CT molecular complexity index is 1190. The Labute approximate surface area is 193 Å². The van der Waals surface area contributed by atoms with Crippen LogP contribution in [-0.4, -0.2) is 46.0 Å². The molecule has 0 radical (unpaired) electrons. The summed E-state index contributed by atoms with van der Waals surface area (Å²) >= 11 is 1.47. The van der Waals surface area contributed by atoms with Crippen molar-refractivity contribution in [2.75, 3.05) is 31.0 Å². The Hall–Kier alpha value is -2.58. The monoisotopic (exact) mass is 472 g/mol. The zero-order valence-electron chi connectivity index (χ0n) is 18.4. The molecule has 1 aliphatic heterocycles. The number of amides is 1. The van der Waals surface area contributed by atoms with Crippen molar-refractivity contribution in [1.29, 1.82) is 0 Å². The number of ether oxygens (including phenoxy) is 1. The molecule has 6 nitrogen and oxygen atoms in total. The fourth-order valence-electron chi connectivity index (χ4n) is 4.09. The van der Waals surface area contributed by atoms with Gasteiger partial charge in [0.2, 0.25) is 0 Å². The van der Waals surface area contributed by atoms with Crippen LogP contribution in [0, 0.1) is 0 Å². The highest BCUT2D eigenvalue weighted by Gasteiger charge is 2.25. The molecule has 0 unspecified atom stereocenters. The van der Waals surface area contributed by atoms with Crippen molar-refractivity contribution in [3.05, 3.63) is 53.4 Å². The lowest BCUT2D eigenvalue weighted by atomic mass is 10.2. The van der Waals surface area contributed by atoms with E-state index in [1.807, 2.05) is 36.1 Å². The summed E-state index contributed by atoms with van der Waals surface area (Å²) in [4.78, 5) is 15.9. The quantitative estimate of drug-likeness (QED) is 0.498. The third kappa shape index (κ3) is 4.47. The molecule has 1 aliphatic rings. The average molecular weight is 473 g/mol. The van der Waals surface area contributed by atoms with Gasteiger partial charge in [-0.05, 0) is 73.7 Å². The minimum Gasteiger partial charge on any atom is -0.497 e. The number of methoxy groups -OCH3 is 1. The predicted octanol–water partition coefficient (Wildman–Crippen LogP) is 5.14. The molecule has 1 saturated heterocycles. The fraction of sp³-hybridized carbons (Fsp3) is 0.375. The number of nitrogens with zero attached hydrogens (tertiary/aromatic N) is 2. The van der Waals surface area contributed by atoms with Gasteiger partial charge in [0.25, 0.3) is 15.9 Å². The van der Waals surface area contributed by atoms with Crippen molar-refractivity contribution in [2.45, 2.75) is 37.5 Å². The number of benzene rings is 2. The lowest BCUT2D eigenvalue weighted by molar-refractivity contribution is 0.0766. The van der Waals surface area contributed by atoms with Crippen molar-refractivity contribution in [3.63, 3.8) is 0 Å². The molecule has 0 atom stereocenters. The van der Waals surface area contributed by atoms with Crippen LogP contribution < -0.4 is 9.04 Å². The van der Waals surface area contributed by atoms with E-state index in [4.69, 9.17) is 4.74 Å². The Kier molecular flexibility index (Phi) is 6.71. The van der Waals surface area contributed by atoms with Crippen molar-refractivity contribution in [1.82, 2.24) is 4.90 Å². The van der Waals surface area contributed by atoms with E-state index in [2.05, 4.69) is 0 Å². The molecule has 1 fully saturated rings. The normalized spacial score (nSPS) is 14.9. The van der Waals surface area contributed by atoms with E-state index in [0.29, 0.717) is 22.9 Å². The van der Waals surface area contributed by atoms with Crippen LogP contribution in [0.2, 0.25) is 0 Å². The molecule has 0 bridgehead atoms. The number of thiophene rings is 1. The van der Waals surface area contributed by atoms with Crippen LogP contribution in [0.3, 0.4) is 0 Å². The first-order valence-corrected chi connectivity index (χ1v) is 13.2. The highest BCUT2D eigenvalue weighted by Crippen LogP contribution is 2.33. The number of sulfonamides is 1. The second-order valence-electron chi connectivity index (χ2n) is 7.88. The molecule has 0 aliphatic carbocycles. The smallest absolute Gasteiger partial charge is 0.264 e. The number of carbonyl (C=O) groups excluding carboxylic acids is 1. The second kappa shape index (κ2) is 9.50. The van der Waals surface area contributed by atoms with E-state index < -0.39 is 10.0 Å². The summed E-state index contributed by atoms with van der Waals surface area (Å²) in [6.45, 7) is 3.72. The summed E-state index contributed by atoms with van der Waals surface area (Å²) in [6.07, 6.45) is 4.45. The van der Waals surface area contributed by atoms with Crippen LogP contribution in [0.25, 0.3) is 10.1 Å². The van der Waals surface area contributed by atoms with Gasteiger partial charge in [0, 0.05) is 24.3 Å². The number of likely N-dealkylation sites (tertiary alicyclic amines) is 1. The number of carbonyl (C=O) groups is 1. The van der Waals surface area contributed by atoms with Gasteiger partial charge < -0.3 is 9.64 Å². The maximum absolute atomic E-state index is 13.3. The van der Waals surface area contributed by atoms with Gasteiger partial charge in [0.15, 0.2) is 0 Å². The van der Waals surface area contributed by atoms with Crippen LogP contribution in [0.15, 0.2) is 53.4 Å². The van der Waals surface area contributed by atoms with Crippen molar-refractivity contribution < 1.29 is 17.9 Å². The molecule has 8 heteroatoms. The summed E-state index contributed by atoms with van der Waals surface area (Å²) in [6, 6.07) is 13.9. The van der Waals surface area contributed by atoms with E-state index in [1.54, 1.807) is 31.4 Å². The van der Waals surface area contributed by atoms with Gasteiger partial charge in [-0.3, -0.25) is 9.10 Å².